The molecule has 6 atom stereocenters. The molecule has 0 aromatic heterocycles. The molecule has 0 N–H and O–H groups in total. The molecule has 2 bridgehead atoms. The normalized spacial score (nSPS) is 49.2. The average Bonchev–Trinajstić information content (AvgIpc) is 3.27. The van der Waals surface area contributed by atoms with E-state index < -0.39 is 16.4 Å². The zero-order chi connectivity index (χ0) is 17.3. The first-order valence-electron chi connectivity index (χ1n) is 8.63. The molecule has 4 aliphatic rings. The summed E-state index contributed by atoms with van der Waals surface area (Å²) in [5, 5.41) is 0. The van der Waals surface area contributed by atoms with E-state index in [1.807, 2.05) is 13.0 Å². The highest BCUT2D eigenvalue weighted by Crippen LogP contribution is 2.71. The Morgan fingerprint density at radius 3 is 2.75 bits per heavy atom. The Hall–Kier alpha value is -1.46. The predicted molar refractivity (Wildman–Crippen MR) is 86.3 cm³/mol. The van der Waals surface area contributed by atoms with Gasteiger partial charge in [-0.3, -0.25) is 4.79 Å². The summed E-state index contributed by atoms with van der Waals surface area (Å²) in [4.78, 5) is 24.5. The van der Waals surface area contributed by atoms with Gasteiger partial charge in [-0.1, -0.05) is 19.9 Å². The number of allylic oxidation sites excluding steroid dienone is 2. The minimum absolute atomic E-state index is 0.0961. The SMILES string of the molecule is CC=CC(=O)OC1CC2OC3C=C(C)C(=O)CC3(C)C1(C)[C@@]21CO1. The predicted octanol–water partition coefficient (Wildman–Crippen LogP) is 2.35. The van der Waals surface area contributed by atoms with Gasteiger partial charge < -0.3 is 14.2 Å². The molecule has 2 saturated heterocycles. The number of hydrogen-bond donors (Lipinski definition) is 0. The molecule has 0 radical (unpaired) electrons. The monoisotopic (exact) mass is 332 g/mol. The zero-order valence-corrected chi connectivity index (χ0v) is 14.6. The van der Waals surface area contributed by atoms with E-state index in [1.165, 1.54) is 6.08 Å². The molecule has 0 amide bonds. The summed E-state index contributed by atoms with van der Waals surface area (Å²) in [5.74, 6) is -0.209. The summed E-state index contributed by atoms with van der Waals surface area (Å²) < 4.78 is 18.1. The van der Waals surface area contributed by atoms with Gasteiger partial charge in [-0.25, -0.2) is 4.79 Å². The molecule has 1 spiro atoms. The number of esters is 1. The van der Waals surface area contributed by atoms with Crippen molar-refractivity contribution in [2.45, 2.75) is 64.4 Å². The van der Waals surface area contributed by atoms with E-state index in [1.54, 1.807) is 13.0 Å². The Bertz CT molecular complexity index is 673. The third-order valence-corrected chi connectivity index (χ3v) is 6.98. The number of carbonyl (C=O) groups is 2. The third-order valence-electron chi connectivity index (χ3n) is 6.98. The van der Waals surface area contributed by atoms with Gasteiger partial charge in [-0.05, 0) is 25.5 Å². The highest BCUT2D eigenvalue weighted by atomic mass is 16.6. The summed E-state index contributed by atoms with van der Waals surface area (Å²) in [6, 6.07) is 0. The molecule has 5 heteroatoms. The quantitative estimate of drug-likeness (QED) is 0.441. The number of hydrogen-bond acceptors (Lipinski definition) is 5. The Kier molecular flexibility index (Phi) is 3.20. The van der Waals surface area contributed by atoms with Gasteiger partial charge in [0.1, 0.15) is 11.7 Å². The van der Waals surface area contributed by atoms with E-state index in [9.17, 15) is 9.59 Å². The second-order valence-electron chi connectivity index (χ2n) is 7.95. The molecule has 2 aliphatic carbocycles. The Labute approximate surface area is 142 Å². The second-order valence-corrected chi connectivity index (χ2v) is 7.95. The maximum Gasteiger partial charge on any atom is 0.330 e. The van der Waals surface area contributed by atoms with E-state index in [2.05, 4.69) is 13.8 Å². The molecule has 4 rings (SSSR count). The van der Waals surface area contributed by atoms with Gasteiger partial charge in [-0.15, -0.1) is 0 Å². The van der Waals surface area contributed by atoms with Crippen LogP contribution in [0.15, 0.2) is 23.8 Å². The van der Waals surface area contributed by atoms with Crippen molar-refractivity contribution in [3.05, 3.63) is 23.8 Å². The van der Waals surface area contributed by atoms with Crippen molar-refractivity contribution in [2.24, 2.45) is 10.8 Å². The number of rotatable bonds is 2. The van der Waals surface area contributed by atoms with Crippen LogP contribution in [0.2, 0.25) is 0 Å². The van der Waals surface area contributed by atoms with Crippen LogP contribution in [-0.4, -0.2) is 42.3 Å². The lowest BCUT2D eigenvalue weighted by Gasteiger charge is -2.56. The molecule has 2 aliphatic heterocycles. The van der Waals surface area contributed by atoms with Gasteiger partial charge in [0.15, 0.2) is 5.78 Å². The summed E-state index contributed by atoms with van der Waals surface area (Å²) in [7, 11) is 0. The summed E-state index contributed by atoms with van der Waals surface area (Å²) in [6.45, 7) is 8.43. The van der Waals surface area contributed by atoms with E-state index in [-0.39, 0.29) is 30.1 Å². The van der Waals surface area contributed by atoms with Gasteiger partial charge >= 0.3 is 5.97 Å². The molecule has 130 valence electrons. The van der Waals surface area contributed by atoms with Crippen molar-refractivity contribution in [1.29, 1.82) is 0 Å². The first-order valence-corrected chi connectivity index (χ1v) is 8.63. The van der Waals surface area contributed by atoms with Gasteiger partial charge in [0.2, 0.25) is 0 Å². The van der Waals surface area contributed by atoms with Crippen molar-refractivity contribution in [1.82, 2.24) is 0 Å². The summed E-state index contributed by atoms with van der Waals surface area (Å²) >= 11 is 0. The van der Waals surface area contributed by atoms with E-state index in [0.29, 0.717) is 19.4 Å². The molecule has 0 aromatic rings. The summed E-state index contributed by atoms with van der Waals surface area (Å²) in [5.41, 5.74) is -0.569. The molecule has 0 aromatic carbocycles. The largest absolute Gasteiger partial charge is 0.458 e. The minimum atomic E-state index is -0.450. The molecule has 2 heterocycles. The van der Waals surface area contributed by atoms with Crippen LogP contribution >= 0.6 is 0 Å². The number of epoxide rings is 1. The Morgan fingerprint density at radius 1 is 1.42 bits per heavy atom. The van der Waals surface area contributed by atoms with Crippen LogP contribution in [0.4, 0.5) is 0 Å². The molecule has 1 saturated carbocycles. The fourth-order valence-electron chi connectivity index (χ4n) is 5.21. The Balaban J connectivity index is 1.78. The van der Waals surface area contributed by atoms with Crippen LogP contribution in [-0.2, 0) is 23.8 Å². The fourth-order valence-corrected chi connectivity index (χ4v) is 5.21. The molecule has 24 heavy (non-hydrogen) atoms. The van der Waals surface area contributed by atoms with Crippen LogP contribution in [0.25, 0.3) is 0 Å². The number of carbonyl (C=O) groups excluding carboxylic acids is 2. The van der Waals surface area contributed by atoms with Crippen LogP contribution in [0.1, 0.15) is 40.5 Å². The molecule has 3 fully saturated rings. The number of ether oxygens (including phenoxy) is 3. The van der Waals surface area contributed by atoms with Crippen molar-refractivity contribution in [3.63, 3.8) is 0 Å². The van der Waals surface area contributed by atoms with Gasteiger partial charge in [-0.2, -0.15) is 0 Å². The first kappa shape index (κ1) is 16.0. The first-order chi connectivity index (χ1) is 11.3. The lowest BCUT2D eigenvalue weighted by molar-refractivity contribution is -0.208. The molecular formula is C19H24O5. The van der Waals surface area contributed by atoms with Crippen molar-refractivity contribution in [2.75, 3.05) is 6.61 Å². The van der Waals surface area contributed by atoms with Gasteiger partial charge in [0.25, 0.3) is 0 Å². The third kappa shape index (κ3) is 1.72. The van der Waals surface area contributed by atoms with Gasteiger partial charge in [0.05, 0.1) is 18.8 Å². The highest BCUT2D eigenvalue weighted by Gasteiger charge is 2.82. The molecular weight excluding hydrogens is 308 g/mol. The lowest BCUT2D eigenvalue weighted by Crippen LogP contribution is -2.64. The maximum atomic E-state index is 12.5. The maximum absolute atomic E-state index is 12.5. The summed E-state index contributed by atoms with van der Waals surface area (Å²) in [6.07, 6.45) is 5.51. The van der Waals surface area contributed by atoms with Gasteiger partial charge in [0, 0.05) is 29.7 Å². The van der Waals surface area contributed by atoms with Crippen LogP contribution < -0.4 is 0 Å². The topological polar surface area (TPSA) is 65.1 Å². The fraction of sp³-hybridized carbons (Fsp3) is 0.684. The Morgan fingerprint density at radius 2 is 2.12 bits per heavy atom. The van der Waals surface area contributed by atoms with Crippen molar-refractivity contribution >= 4 is 11.8 Å². The molecule has 5 nitrogen and oxygen atoms in total. The van der Waals surface area contributed by atoms with Crippen LogP contribution in [0, 0.1) is 10.8 Å². The highest BCUT2D eigenvalue weighted by molar-refractivity contribution is 5.96. The van der Waals surface area contributed by atoms with Crippen molar-refractivity contribution < 1.29 is 23.8 Å². The standard InChI is InChI=1S/C19H24O5/c1-5-6-16(21)24-14-8-15-19(10-22-19)18(14,4)17(3)9-12(20)11(2)7-13(17)23-15/h5-7,13-15H,8-10H2,1-4H3/t13?,14?,15?,17?,18?,19-/m1/s1. The lowest BCUT2D eigenvalue weighted by atomic mass is 9.52. The van der Waals surface area contributed by atoms with E-state index in [0.717, 1.165) is 5.57 Å². The number of ketones is 1. The van der Waals surface area contributed by atoms with Crippen molar-refractivity contribution in [3.8, 4) is 0 Å². The van der Waals surface area contributed by atoms with Crippen LogP contribution in [0.3, 0.4) is 0 Å². The minimum Gasteiger partial charge on any atom is -0.458 e. The van der Waals surface area contributed by atoms with Crippen LogP contribution in [0.5, 0.6) is 0 Å². The van der Waals surface area contributed by atoms with E-state index in [4.69, 9.17) is 14.2 Å². The zero-order valence-electron chi connectivity index (χ0n) is 14.6. The average molecular weight is 332 g/mol. The second kappa shape index (κ2) is 4.79. The smallest absolute Gasteiger partial charge is 0.330 e. The van der Waals surface area contributed by atoms with E-state index >= 15 is 0 Å². The number of fused-ring (bicyclic) bond motifs is 2. The molecule has 5 unspecified atom stereocenters. The number of Topliss-reactive ketones (excluding diaryl/α,β-unsaturated/α-hetero) is 1.